The van der Waals surface area contributed by atoms with Gasteiger partial charge in [0.25, 0.3) is 0 Å². The van der Waals surface area contributed by atoms with Crippen molar-refractivity contribution >= 4 is 23.2 Å². The highest BCUT2D eigenvalue weighted by Gasteiger charge is 2.10. The predicted octanol–water partition coefficient (Wildman–Crippen LogP) is 4.14. The number of hydrogen-bond donors (Lipinski definition) is 2. The molecule has 4 nitrogen and oxygen atoms in total. The molecular weight excluding hydrogens is 344 g/mol. The Morgan fingerprint density at radius 1 is 1.15 bits per heavy atom. The third kappa shape index (κ3) is 4.79. The fourth-order valence-corrected chi connectivity index (χ4v) is 3.10. The molecule has 1 heterocycles. The summed E-state index contributed by atoms with van der Waals surface area (Å²) in [6.45, 7) is 4.80. The molecule has 136 valence electrons. The molecular formula is C21H25ClN4. The molecule has 1 aliphatic heterocycles. The third-order valence-electron chi connectivity index (χ3n) is 4.50. The first-order valence-corrected chi connectivity index (χ1v) is 9.25. The minimum atomic E-state index is 0.139. The van der Waals surface area contributed by atoms with Gasteiger partial charge in [0.05, 0.1) is 6.04 Å². The van der Waals surface area contributed by atoms with Crippen LogP contribution in [0.3, 0.4) is 0 Å². The number of halogens is 1. The van der Waals surface area contributed by atoms with Crippen LogP contribution in [0.5, 0.6) is 0 Å². The Labute approximate surface area is 160 Å². The fraction of sp³-hybridized carbons (Fsp3) is 0.286. The zero-order chi connectivity index (χ0) is 18.4. The van der Waals surface area contributed by atoms with Gasteiger partial charge in [-0.05, 0) is 42.3 Å². The zero-order valence-electron chi connectivity index (χ0n) is 15.2. The average Bonchev–Trinajstić information content (AvgIpc) is 3.20. The minimum absolute atomic E-state index is 0.139. The Hall–Kier alpha value is -2.46. The zero-order valence-corrected chi connectivity index (χ0v) is 16.0. The van der Waals surface area contributed by atoms with Crippen LogP contribution in [0.2, 0.25) is 5.02 Å². The van der Waals surface area contributed by atoms with Gasteiger partial charge in [-0.1, -0.05) is 48.0 Å². The van der Waals surface area contributed by atoms with E-state index in [0.29, 0.717) is 0 Å². The summed E-state index contributed by atoms with van der Waals surface area (Å²) in [5.74, 6) is 0.778. The summed E-state index contributed by atoms with van der Waals surface area (Å²) in [5.41, 5.74) is 3.66. The lowest BCUT2D eigenvalue weighted by atomic mass is 10.1. The maximum atomic E-state index is 5.96. The van der Waals surface area contributed by atoms with Crippen LogP contribution in [0.4, 0.5) is 5.69 Å². The van der Waals surface area contributed by atoms with E-state index in [2.05, 4.69) is 63.9 Å². The molecule has 26 heavy (non-hydrogen) atoms. The molecule has 1 aliphatic rings. The van der Waals surface area contributed by atoms with E-state index in [-0.39, 0.29) is 6.04 Å². The van der Waals surface area contributed by atoms with E-state index in [4.69, 9.17) is 11.6 Å². The molecule has 0 aromatic heterocycles. The molecule has 0 saturated heterocycles. The maximum absolute atomic E-state index is 5.96. The second-order valence-electron chi connectivity index (χ2n) is 6.39. The summed E-state index contributed by atoms with van der Waals surface area (Å²) in [7, 11) is 1.79. The molecule has 2 aromatic rings. The van der Waals surface area contributed by atoms with Crippen LogP contribution in [-0.4, -0.2) is 26.1 Å². The lowest BCUT2D eigenvalue weighted by molar-refractivity contribution is 0.685. The largest absolute Gasteiger partial charge is 0.364 e. The number of benzene rings is 2. The van der Waals surface area contributed by atoms with E-state index >= 15 is 0 Å². The lowest BCUT2D eigenvalue weighted by Gasteiger charge is -2.20. The fourth-order valence-electron chi connectivity index (χ4n) is 2.97. The van der Waals surface area contributed by atoms with E-state index in [9.17, 15) is 0 Å². The van der Waals surface area contributed by atoms with Crippen LogP contribution in [-0.2, 0) is 6.54 Å². The van der Waals surface area contributed by atoms with Crippen LogP contribution in [0, 0.1) is 0 Å². The Kier molecular flexibility index (Phi) is 6.18. The van der Waals surface area contributed by atoms with Crippen molar-refractivity contribution in [2.75, 3.05) is 25.0 Å². The van der Waals surface area contributed by atoms with E-state index in [1.165, 1.54) is 16.8 Å². The van der Waals surface area contributed by atoms with Gasteiger partial charge >= 0.3 is 0 Å². The summed E-state index contributed by atoms with van der Waals surface area (Å²) in [6, 6.07) is 16.6. The van der Waals surface area contributed by atoms with Gasteiger partial charge in [0.1, 0.15) is 0 Å². The number of nitrogens with one attached hydrogen (secondary N) is 2. The Morgan fingerprint density at radius 3 is 2.58 bits per heavy atom. The van der Waals surface area contributed by atoms with Gasteiger partial charge in [-0.2, -0.15) is 0 Å². The molecule has 0 amide bonds. The molecule has 0 fully saturated rings. The first kappa shape index (κ1) is 18.3. The van der Waals surface area contributed by atoms with Crippen LogP contribution in [0.1, 0.15) is 24.1 Å². The van der Waals surface area contributed by atoms with Crippen molar-refractivity contribution in [1.82, 2.24) is 10.6 Å². The van der Waals surface area contributed by atoms with Crippen molar-refractivity contribution in [2.45, 2.75) is 19.5 Å². The van der Waals surface area contributed by atoms with Gasteiger partial charge in [-0.25, -0.2) is 0 Å². The number of guanidine groups is 1. The molecule has 0 aliphatic carbocycles. The molecule has 1 atom stereocenters. The van der Waals surface area contributed by atoms with Gasteiger partial charge in [-0.15, -0.1) is 0 Å². The maximum Gasteiger partial charge on any atom is 0.191 e. The Balaban J connectivity index is 1.57. The van der Waals surface area contributed by atoms with Crippen LogP contribution < -0.4 is 15.5 Å². The SMILES string of the molecule is CN=C(NCc1cccc(N2CC=CC2)c1)NC(C)c1ccc(Cl)cc1. The molecule has 0 bridgehead atoms. The van der Waals surface area contributed by atoms with Crippen molar-refractivity contribution in [2.24, 2.45) is 4.99 Å². The highest BCUT2D eigenvalue weighted by molar-refractivity contribution is 6.30. The highest BCUT2D eigenvalue weighted by Crippen LogP contribution is 2.19. The number of anilines is 1. The van der Waals surface area contributed by atoms with Crippen LogP contribution in [0.15, 0.2) is 65.7 Å². The van der Waals surface area contributed by atoms with Crippen LogP contribution in [0.25, 0.3) is 0 Å². The van der Waals surface area contributed by atoms with Gasteiger partial charge in [0, 0.05) is 37.4 Å². The minimum Gasteiger partial charge on any atom is -0.364 e. The van der Waals surface area contributed by atoms with Gasteiger partial charge in [-0.3, -0.25) is 4.99 Å². The monoisotopic (exact) mass is 368 g/mol. The molecule has 0 saturated carbocycles. The van der Waals surface area contributed by atoms with Gasteiger partial charge in [0.15, 0.2) is 5.96 Å². The topological polar surface area (TPSA) is 39.7 Å². The quantitative estimate of drug-likeness (QED) is 0.473. The van der Waals surface area contributed by atoms with Gasteiger partial charge < -0.3 is 15.5 Å². The summed E-state index contributed by atoms with van der Waals surface area (Å²) in [5, 5.41) is 7.56. The summed E-state index contributed by atoms with van der Waals surface area (Å²) in [4.78, 5) is 6.68. The molecule has 2 N–H and O–H groups in total. The summed E-state index contributed by atoms with van der Waals surface area (Å²) >= 11 is 5.96. The summed E-state index contributed by atoms with van der Waals surface area (Å²) < 4.78 is 0. The lowest BCUT2D eigenvalue weighted by Crippen LogP contribution is -2.38. The van der Waals surface area contributed by atoms with Crippen molar-refractivity contribution in [3.63, 3.8) is 0 Å². The molecule has 1 unspecified atom stereocenters. The second-order valence-corrected chi connectivity index (χ2v) is 6.83. The smallest absolute Gasteiger partial charge is 0.191 e. The first-order valence-electron chi connectivity index (χ1n) is 8.87. The molecule has 5 heteroatoms. The van der Waals surface area contributed by atoms with Crippen molar-refractivity contribution < 1.29 is 0 Å². The van der Waals surface area contributed by atoms with E-state index in [1.54, 1.807) is 7.05 Å². The van der Waals surface area contributed by atoms with Crippen molar-refractivity contribution in [3.05, 3.63) is 76.8 Å². The van der Waals surface area contributed by atoms with Crippen molar-refractivity contribution in [1.29, 1.82) is 0 Å². The number of aliphatic imine (C=N–C) groups is 1. The summed E-state index contributed by atoms with van der Waals surface area (Å²) in [6.07, 6.45) is 4.41. The average molecular weight is 369 g/mol. The van der Waals surface area contributed by atoms with E-state index in [1.807, 2.05) is 24.3 Å². The molecule has 3 rings (SSSR count). The second kappa shape index (κ2) is 8.77. The Bertz CT molecular complexity index is 775. The van der Waals surface area contributed by atoms with E-state index < -0.39 is 0 Å². The number of rotatable bonds is 5. The third-order valence-corrected chi connectivity index (χ3v) is 4.75. The van der Waals surface area contributed by atoms with Crippen molar-refractivity contribution in [3.8, 4) is 0 Å². The Morgan fingerprint density at radius 2 is 1.88 bits per heavy atom. The van der Waals surface area contributed by atoms with Gasteiger partial charge in [0.2, 0.25) is 0 Å². The first-order chi connectivity index (χ1) is 12.7. The molecule has 0 spiro atoms. The van der Waals surface area contributed by atoms with E-state index in [0.717, 1.165) is 30.6 Å². The highest BCUT2D eigenvalue weighted by atomic mass is 35.5. The number of hydrogen-bond acceptors (Lipinski definition) is 2. The predicted molar refractivity (Wildman–Crippen MR) is 111 cm³/mol. The number of nitrogens with zero attached hydrogens (tertiary/aromatic N) is 2. The molecule has 0 radical (unpaired) electrons. The standard InChI is InChI=1S/C21H25ClN4/c1-16(18-8-10-19(22)11-9-18)25-21(23-2)24-15-17-6-5-7-20(14-17)26-12-3-4-13-26/h3-11,14,16H,12-13,15H2,1-2H3,(H2,23,24,25). The van der Waals surface area contributed by atoms with Crippen LogP contribution >= 0.6 is 11.6 Å². The molecule has 2 aromatic carbocycles. The normalized spacial score (nSPS) is 15.2.